The van der Waals surface area contributed by atoms with Crippen LogP contribution in [0.1, 0.15) is 13.3 Å². The van der Waals surface area contributed by atoms with Crippen LogP contribution in [0.25, 0.3) is 0 Å². The average Bonchev–Trinajstić information content (AvgIpc) is 2.35. The third-order valence-electron chi connectivity index (χ3n) is 2.53. The van der Waals surface area contributed by atoms with Crippen molar-refractivity contribution < 1.29 is 9.18 Å². The standard InChI is InChI=1S/C13H20FN3O/c1-2-16-13(18)10-17(9-5-8-15)12-7-4-3-6-11(12)14/h3-4,6-7H,2,5,8-10,15H2,1H3,(H,16,18). The van der Waals surface area contributed by atoms with Crippen molar-refractivity contribution in [2.45, 2.75) is 13.3 Å². The van der Waals surface area contributed by atoms with Gasteiger partial charge in [-0.05, 0) is 32.0 Å². The summed E-state index contributed by atoms with van der Waals surface area (Å²) in [5.74, 6) is -0.434. The molecule has 0 radical (unpaired) electrons. The van der Waals surface area contributed by atoms with E-state index in [4.69, 9.17) is 5.73 Å². The first-order valence-electron chi connectivity index (χ1n) is 6.15. The summed E-state index contributed by atoms with van der Waals surface area (Å²) in [7, 11) is 0. The molecule has 3 N–H and O–H groups in total. The fourth-order valence-electron chi connectivity index (χ4n) is 1.70. The van der Waals surface area contributed by atoms with Gasteiger partial charge in [0.2, 0.25) is 5.91 Å². The average molecular weight is 253 g/mol. The van der Waals surface area contributed by atoms with E-state index < -0.39 is 0 Å². The zero-order valence-corrected chi connectivity index (χ0v) is 10.7. The lowest BCUT2D eigenvalue weighted by Gasteiger charge is -2.24. The number of hydrogen-bond acceptors (Lipinski definition) is 3. The molecule has 1 rings (SSSR count). The molecule has 4 nitrogen and oxygen atoms in total. The molecule has 5 heteroatoms. The van der Waals surface area contributed by atoms with Gasteiger partial charge in [-0.1, -0.05) is 12.1 Å². The molecule has 1 aromatic rings. The van der Waals surface area contributed by atoms with Gasteiger partial charge >= 0.3 is 0 Å². The summed E-state index contributed by atoms with van der Waals surface area (Å²) >= 11 is 0. The predicted molar refractivity (Wildman–Crippen MR) is 71.0 cm³/mol. The number of carbonyl (C=O) groups excluding carboxylic acids is 1. The zero-order valence-electron chi connectivity index (χ0n) is 10.7. The minimum atomic E-state index is -0.321. The number of amides is 1. The third kappa shape index (κ3) is 4.33. The lowest BCUT2D eigenvalue weighted by molar-refractivity contribution is -0.119. The van der Waals surface area contributed by atoms with Gasteiger partial charge in [0.25, 0.3) is 0 Å². The Kier molecular flexibility index (Phi) is 6.14. The highest BCUT2D eigenvalue weighted by Crippen LogP contribution is 2.18. The van der Waals surface area contributed by atoms with Crippen LogP contribution in [0.3, 0.4) is 0 Å². The van der Waals surface area contributed by atoms with E-state index in [-0.39, 0.29) is 18.3 Å². The molecular weight excluding hydrogens is 233 g/mol. The van der Waals surface area contributed by atoms with E-state index in [1.165, 1.54) is 6.07 Å². The second kappa shape index (κ2) is 7.66. The first-order valence-corrected chi connectivity index (χ1v) is 6.15. The van der Waals surface area contributed by atoms with Crippen molar-refractivity contribution in [3.8, 4) is 0 Å². The van der Waals surface area contributed by atoms with Crippen LogP contribution >= 0.6 is 0 Å². The zero-order chi connectivity index (χ0) is 13.4. The maximum absolute atomic E-state index is 13.7. The van der Waals surface area contributed by atoms with E-state index in [1.807, 2.05) is 6.92 Å². The number of para-hydroxylation sites is 1. The number of halogens is 1. The number of carbonyl (C=O) groups is 1. The van der Waals surface area contributed by atoms with Gasteiger partial charge in [0, 0.05) is 13.1 Å². The number of nitrogens with one attached hydrogen (secondary N) is 1. The van der Waals surface area contributed by atoms with Crippen LogP contribution in [0, 0.1) is 5.82 Å². The van der Waals surface area contributed by atoms with Crippen molar-refractivity contribution in [2.75, 3.05) is 31.1 Å². The van der Waals surface area contributed by atoms with Crippen molar-refractivity contribution in [3.63, 3.8) is 0 Å². The first kappa shape index (κ1) is 14.4. The molecule has 0 atom stereocenters. The fraction of sp³-hybridized carbons (Fsp3) is 0.462. The lowest BCUT2D eigenvalue weighted by Crippen LogP contribution is -2.38. The summed E-state index contributed by atoms with van der Waals surface area (Å²) in [5, 5.41) is 2.71. The molecule has 0 fully saturated rings. The molecular formula is C13H20FN3O. The Morgan fingerprint density at radius 3 is 2.78 bits per heavy atom. The second-order valence-corrected chi connectivity index (χ2v) is 3.97. The summed E-state index contributed by atoms with van der Waals surface area (Å²) in [6, 6.07) is 6.45. The van der Waals surface area contributed by atoms with Crippen LogP contribution in [0.4, 0.5) is 10.1 Å². The predicted octanol–water partition coefficient (Wildman–Crippen LogP) is 1.12. The molecule has 0 saturated heterocycles. The number of benzene rings is 1. The molecule has 0 bridgehead atoms. The largest absolute Gasteiger partial charge is 0.360 e. The maximum atomic E-state index is 13.7. The summed E-state index contributed by atoms with van der Waals surface area (Å²) in [6.07, 6.45) is 0.716. The molecule has 0 aliphatic heterocycles. The number of hydrogen-bond donors (Lipinski definition) is 2. The van der Waals surface area contributed by atoms with E-state index in [1.54, 1.807) is 23.1 Å². The topological polar surface area (TPSA) is 58.4 Å². The van der Waals surface area contributed by atoms with Crippen molar-refractivity contribution in [1.82, 2.24) is 5.32 Å². The van der Waals surface area contributed by atoms with Crippen LogP contribution in [-0.4, -0.2) is 32.1 Å². The second-order valence-electron chi connectivity index (χ2n) is 3.97. The molecule has 0 aliphatic rings. The Hall–Kier alpha value is -1.62. The van der Waals surface area contributed by atoms with Gasteiger partial charge in [0.15, 0.2) is 0 Å². The summed E-state index contributed by atoms with van der Waals surface area (Å²) in [6.45, 7) is 3.65. The van der Waals surface area contributed by atoms with E-state index in [0.717, 1.165) is 0 Å². The molecule has 1 amide bonds. The summed E-state index contributed by atoms with van der Waals surface area (Å²) in [5.41, 5.74) is 5.90. The van der Waals surface area contributed by atoms with E-state index in [2.05, 4.69) is 5.32 Å². The lowest BCUT2D eigenvalue weighted by atomic mass is 10.2. The van der Waals surface area contributed by atoms with Gasteiger partial charge in [-0.25, -0.2) is 4.39 Å². The van der Waals surface area contributed by atoms with Crippen molar-refractivity contribution >= 4 is 11.6 Å². The van der Waals surface area contributed by atoms with Crippen molar-refractivity contribution in [2.24, 2.45) is 5.73 Å². The van der Waals surface area contributed by atoms with Gasteiger partial charge in [0.1, 0.15) is 5.82 Å². The maximum Gasteiger partial charge on any atom is 0.239 e. The Balaban J connectivity index is 2.77. The molecule has 0 aromatic heterocycles. The molecule has 0 heterocycles. The van der Waals surface area contributed by atoms with Crippen molar-refractivity contribution in [1.29, 1.82) is 0 Å². The number of rotatable bonds is 7. The molecule has 0 spiro atoms. The minimum absolute atomic E-state index is 0.113. The first-order chi connectivity index (χ1) is 8.69. The molecule has 1 aromatic carbocycles. The van der Waals surface area contributed by atoms with Gasteiger partial charge < -0.3 is 16.0 Å². The van der Waals surface area contributed by atoms with Crippen LogP contribution < -0.4 is 16.0 Å². The highest BCUT2D eigenvalue weighted by molar-refractivity contribution is 5.81. The minimum Gasteiger partial charge on any atom is -0.360 e. The number of anilines is 1. The van der Waals surface area contributed by atoms with Gasteiger partial charge in [0.05, 0.1) is 12.2 Å². The smallest absolute Gasteiger partial charge is 0.239 e. The highest BCUT2D eigenvalue weighted by Gasteiger charge is 2.13. The highest BCUT2D eigenvalue weighted by atomic mass is 19.1. The Morgan fingerprint density at radius 2 is 2.17 bits per heavy atom. The Labute approximate surface area is 107 Å². The van der Waals surface area contributed by atoms with Gasteiger partial charge in [-0.15, -0.1) is 0 Å². The molecule has 100 valence electrons. The normalized spacial score (nSPS) is 10.2. The van der Waals surface area contributed by atoms with Crippen molar-refractivity contribution in [3.05, 3.63) is 30.1 Å². The Bertz CT molecular complexity index is 384. The molecule has 0 unspecified atom stereocenters. The third-order valence-corrected chi connectivity index (χ3v) is 2.53. The van der Waals surface area contributed by atoms with E-state index in [9.17, 15) is 9.18 Å². The monoisotopic (exact) mass is 253 g/mol. The number of likely N-dealkylation sites (N-methyl/N-ethyl adjacent to an activating group) is 1. The Morgan fingerprint density at radius 1 is 1.44 bits per heavy atom. The van der Waals surface area contributed by atoms with Crippen LogP contribution in [0.5, 0.6) is 0 Å². The van der Waals surface area contributed by atoms with E-state index >= 15 is 0 Å². The summed E-state index contributed by atoms with van der Waals surface area (Å²) in [4.78, 5) is 13.3. The number of nitrogens with zero attached hydrogens (tertiary/aromatic N) is 1. The molecule has 0 aliphatic carbocycles. The van der Waals surface area contributed by atoms with Crippen LogP contribution in [-0.2, 0) is 4.79 Å². The van der Waals surface area contributed by atoms with Crippen LogP contribution in [0.15, 0.2) is 24.3 Å². The quantitative estimate of drug-likeness (QED) is 0.765. The number of nitrogens with two attached hydrogens (primary N) is 1. The van der Waals surface area contributed by atoms with Gasteiger partial charge in [-0.2, -0.15) is 0 Å². The molecule has 18 heavy (non-hydrogen) atoms. The molecule has 0 saturated carbocycles. The SMILES string of the molecule is CCNC(=O)CN(CCCN)c1ccccc1F. The summed E-state index contributed by atoms with van der Waals surface area (Å²) < 4.78 is 13.7. The van der Waals surface area contributed by atoms with Gasteiger partial charge in [-0.3, -0.25) is 4.79 Å². The van der Waals surface area contributed by atoms with E-state index in [0.29, 0.717) is 31.7 Å². The fourth-order valence-corrected chi connectivity index (χ4v) is 1.70. The van der Waals surface area contributed by atoms with Crippen LogP contribution in [0.2, 0.25) is 0 Å².